The standard InChI is InChI=1S/C12H31N5/c13-7-3-1-5-11(15)9-17-10-12(16)6-2-4-8-14/h11-12,17H,1-10,13-16H2. The third-order valence-corrected chi connectivity index (χ3v) is 2.87. The number of rotatable bonds is 12. The molecule has 0 aliphatic heterocycles. The molecule has 0 aromatic heterocycles. The van der Waals surface area contributed by atoms with Gasteiger partial charge in [-0.15, -0.1) is 0 Å². The summed E-state index contributed by atoms with van der Waals surface area (Å²) in [5.74, 6) is 0. The van der Waals surface area contributed by atoms with E-state index in [0.29, 0.717) is 0 Å². The summed E-state index contributed by atoms with van der Waals surface area (Å²) in [5.41, 5.74) is 22.8. The normalized spacial score (nSPS) is 14.8. The van der Waals surface area contributed by atoms with E-state index in [1.807, 2.05) is 0 Å². The van der Waals surface area contributed by atoms with Crippen molar-refractivity contribution in [3.63, 3.8) is 0 Å². The quantitative estimate of drug-likeness (QED) is 0.297. The fraction of sp³-hybridized carbons (Fsp3) is 1.00. The van der Waals surface area contributed by atoms with Crippen LogP contribution in [0.25, 0.3) is 0 Å². The maximum atomic E-state index is 5.96. The third kappa shape index (κ3) is 12.1. The molecule has 104 valence electrons. The van der Waals surface area contributed by atoms with Crippen LogP contribution >= 0.6 is 0 Å². The molecule has 0 aliphatic carbocycles. The smallest absolute Gasteiger partial charge is 0.0165 e. The van der Waals surface area contributed by atoms with E-state index in [9.17, 15) is 0 Å². The number of nitrogens with one attached hydrogen (secondary N) is 1. The van der Waals surface area contributed by atoms with E-state index >= 15 is 0 Å². The van der Waals surface area contributed by atoms with Gasteiger partial charge in [-0.1, -0.05) is 12.8 Å². The average Bonchev–Trinajstić information content (AvgIpc) is 2.30. The highest BCUT2D eigenvalue weighted by atomic mass is 14.9. The van der Waals surface area contributed by atoms with Crippen LogP contribution in [0.2, 0.25) is 0 Å². The highest BCUT2D eigenvalue weighted by Crippen LogP contribution is 1.98. The van der Waals surface area contributed by atoms with Gasteiger partial charge >= 0.3 is 0 Å². The highest BCUT2D eigenvalue weighted by Gasteiger charge is 2.04. The van der Waals surface area contributed by atoms with Crippen LogP contribution < -0.4 is 28.3 Å². The van der Waals surface area contributed by atoms with E-state index in [2.05, 4.69) is 5.32 Å². The molecule has 0 radical (unpaired) electrons. The van der Waals surface area contributed by atoms with Crippen molar-refractivity contribution >= 4 is 0 Å². The van der Waals surface area contributed by atoms with Crippen LogP contribution in [0.3, 0.4) is 0 Å². The zero-order chi connectivity index (χ0) is 12.9. The zero-order valence-electron chi connectivity index (χ0n) is 11.0. The Balaban J connectivity index is 3.29. The summed E-state index contributed by atoms with van der Waals surface area (Å²) in [6, 6.07) is 0.440. The van der Waals surface area contributed by atoms with Gasteiger partial charge in [-0.25, -0.2) is 0 Å². The first-order valence-electron chi connectivity index (χ1n) is 6.82. The van der Waals surface area contributed by atoms with Gasteiger partial charge < -0.3 is 28.3 Å². The average molecular weight is 245 g/mol. The topological polar surface area (TPSA) is 116 Å². The number of hydrogen-bond acceptors (Lipinski definition) is 5. The first-order valence-corrected chi connectivity index (χ1v) is 6.82. The third-order valence-electron chi connectivity index (χ3n) is 2.87. The second-order valence-corrected chi connectivity index (χ2v) is 4.75. The van der Waals surface area contributed by atoms with Crippen molar-refractivity contribution in [1.29, 1.82) is 0 Å². The minimum atomic E-state index is 0.220. The van der Waals surface area contributed by atoms with E-state index in [0.717, 1.165) is 64.7 Å². The predicted molar refractivity (Wildman–Crippen MR) is 74.6 cm³/mol. The lowest BCUT2D eigenvalue weighted by molar-refractivity contribution is 0.478. The van der Waals surface area contributed by atoms with E-state index in [1.165, 1.54) is 0 Å². The molecule has 0 aromatic carbocycles. The number of unbranched alkanes of at least 4 members (excludes halogenated alkanes) is 2. The van der Waals surface area contributed by atoms with Crippen LogP contribution in [0.5, 0.6) is 0 Å². The van der Waals surface area contributed by atoms with Gasteiger partial charge in [0.1, 0.15) is 0 Å². The molecule has 0 heterocycles. The summed E-state index contributed by atoms with van der Waals surface area (Å²) in [7, 11) is 0. The summed E-state index contributed by atoms with van der Waals surface area (Å²) in [6.45, 7) is 3.20. The molecule has 5 heteroatoms. The molecule has 17 heavy (non-hydrogen) atoms. The van der Waals surface area contributed by atoms with Gasteiger partial charge in [0.15, 0.2) is 0 Å². The van der Waals surface area contributed by atoms with E-state index in [1.54, 1.807) is 0 Å². The molecule has 0 rings (SSSR count). The summed E-state index contributed by atoms with van der Waals surface area (Å²) >= 11 is 0. The number of nitrogens with two attached hydrogens (primary N) is 4. The van der Waals surface area contributed by atoms with Crippen LogP contribution in [0.1, 0.15) is 38.5 Å². The van der Waals surface area contributed by atoms with Crippen molar-refractivity contribution in [2.24, 2.45) is 22.9 Å². The van der Waals surface area contributed by atoms with Gasteiger partial charge in [-0.05, 0) is 38.8 Å². The van der Waals surface area contributed by atoms with Gasteiger partial charge in [0.05, 0.1) is 0 Å². The Bertz CT molecular complexity index is 138. The van der Waals surface area contributed by atoms with Crippen molar-refractivity contribution in [2.75, 3.05) is 26.2 Å². The Morgan fingerprint density at radius 2 is 1.12 bits per heavy atom. The molecule has 0 amide bonds. The van der Waals surface area contributed by atoms with Gasteiger partial charge in [0.2, 0.25) is 0 Å². The van der Waals surface area contributed by atoms with Crippen molar-refractivity contribution in [1.82, 2.24) is 5.32 Å². The van der Waals surface area contributed by atoms with Crippen LogP contribution in [0.4, 0.5) is 0 Å². The van der Waals surface area contributed by atoms with E-state index < -0.39 is 0 Å². The second kappa shape index (κ2) is 12.3. The molecule has 2 atom stereocenters. The monoisotopic (exact) mass is 245 g/mol. The maximum Gasteiger partial charge on any atom is 0.0165 e. The molecule has 0 bridgehead atoms. The van der Waals surface area contributed by atoms with Gasteiger partial charge in [-0.3, -0.25) is 0 Å². The zero-order valence-corrected chi connectivity index (χ0v) is 11.0. The fourth-order valence-corrected chi connectivity index (χ4v) is 1.76. The minimum absolute atomic E-state index is 0.220. The molecule has 0 fully saturated rings. The van der Waals surface area contributed by atoms with Crippen molar-refractivity contribution in [3.8, 4) is 0 Å². The number of hydrogen-bond donors (Lipinski definition) is 5. The van der Waals surface area contributed by atoms with Crippen molar-refractivity contribution in [3.05, 3.63) is 0 Å². The Morgan fingerprint density at radius 1 is 0.706 bits per heavy atom. The van der Waals surface area contributed by atoms with Crippen molar-refractivity contribution in [2.45, 2.75) is 50.6 Å². The highest BCUT2D eigenvalue weighted by molar-refractivity contribution is 4.69. The van der Waals surface area contributed by atoms with Gasteiger partial charge in [0, 0.05) is 25.2 Å². The molecule has 9 N–H and O–H groups in total. The van der Waals surface area contributed by atoms with E-state index in [-0.39, 0.29) is 12.1 Å². The van der Waals surface area contributed by atoms with Crippen LogP contribution in [0.15, 0.2) is 0 Å². The van der Waals surface area contributed by atoms with Gasteiger partial charge in [-0.2, -0.15) is 0 Å². The molecule has 0 spiro atoms. The first-order chi connectivity index (χ1) is 8.20. The van der Waals surface area contributed by atoms with Crippen molar-refractivity contribution < 1.29 is 0 Å². The predicted octanol–water partition coefficient (Wildman–Crippen LogP) is -0.511. The Morgan fingerprint density at radius 3 is 1.47 bits per heavy atom. The molecule has 2 unspecified atom stereocenters. The molecule has 0 aliphatic rings. The Labute approximate surface area is 106 Å². The van der Waals surface area contributed by atoms with Crippen LogP contribution in [0, 0.1) is 0 Å². The Kier molecular flexibility index (Phi) is 12.1. The molecule has 0 saturated heterocycles. The second-order valence-electron chi connectivity index (χ2n) is 4.75. The largest absolute Gasteiger partial charge is 0.330 e. The van der Waals surface area contributed by atoms with Gasteiger partial charge in [0.25, 0.3) is 0 Å². The minimum Gasteiger partial charge on any atom is -0.330 e. The van der Waals surface area contributed by atoms with E-state index in [4.69, 9.17) is 22.9 Å². The Hall–Kier alpha value is -0.200. The summed E-state index contributed by atoms with van der Waals surface area (Å²) in [5, 5.41) is 3.33. The molecule has 0 saturated carbocycles. The molecular formula is C12H31N5. The van der Waals surface area contributed by atoms with Crippen LogP contribution in [-0.4, -0.2) is 38.3 Å². The lowest BCUT2D eigenvalue weighted by atomic mass is 10.1. The summed E-state index contributed by atoms with van der Waals surface area (Å²) in [4.78, 5) is 0. The molecule has 0 aromatic rings. The fourth-order valence-electron chi connectivity index (χ4n) is 1.76. The summed E-state index contributed by atoms with van der Waals surface area (Å²) < 4.78 is 0. The lowest BCUT2D eigenvalue weighted by Gasteiger charge is -2.16. The SMILES string of the molecule is NCCCCC(N)CNCC(N)CCCCN. The van der Waals surface area contributed by atoms with Crippen LogP contribution in [-0.2, 0) is 0 Å². The molecule has 5 nitrogen and oxygen atoms in total. The first kappa shape index (κ1) is 16.8. The lowest BCUT2D eigenvalue weighted by Crippen LogP contribution is -2.40. The molecular weight excluding hydrogens is 214 g/mol. The maximum absolute atomic E-state index is 5.96. The summed E-state index contributed by atoms with van der Waals surface area (Å²) in [6.07, 6.45) is 6.42.